The molecule has 0 fully saturated rings. The van der Waals surface area contributed by atoms with Gasteiger partial charge in [0.1, 0.15) is 0 Å². The topological polar surface area (TPSA) is 69.6 Å². The second-order valence-corrected chi connectivity index (χ2v) is 3.66. The van der Waals surface area contributed by atoms with Crippen LogP contribution in [0.1, 0.15) is 15.9 Å². The second kappa shape index (κ2) is 4.65. The fourth-order valence-electron chi connectivity index (χ4n) is 1.12. The van der Waals surface area contributed by atoms with Crippen molar-refractivity contribution in [3.63, 3.8) is 0 Å². The van der Waals surface area contributed by atoms with Crippen molar-refractivity contribution in [3.05, 3.63) is 29.3 Å². The van der Waals surface area contributed by atoms with E-state index in [1.165, 1.54) is 17.0 Å². The van der Waals surface area contributed by atoms with E-state index in [0.717, 1.165) is 5.56 Å². The van der Waals surface area contributed by atoms with Crippen LogP contribution in [-0.2, 0) is 0 Å². The monoisotopic (exact) mass is 222 g/mol. The van der Waals surface area contributed by atoms with Gasteiger partial charge in [0, 0.05) is 19.8 Å². The van der Waals surface area contributed by atoms with Gasteiger partial charge in [0.2, 0.25) is 0 Å². The van der Waals surface area contributed by atoms with Crippen LogP contribution in [0.15, 0.2) is 18.2 Å². The third kappa shape index (κ3) is 2.73. The fraction of sp³-hybridized carbons (Fsp3) is 0.273. The van der Waals surface area contributed by atoms with Crippen molar-refractivity contribution in [3.8, 4) is 0 Å². The van der Waals surface area contributed by atoms with Crippen LogP contribution in [0, 0.1) is 6.92 Å². The minimum atomic E-state index is -1.01. The number of urea groups is 1. The summed E-state index contributed by atoms with van der Waals surface area (Å²) in [6.45, 7) is 1.80. The lowest BCUT2D eigenvalue weighted by molar-refractivity contribution is 0.0697. The van der Waals surface area contributed by atoms with Crippen molar-refractivity contribution in [2.24, 2.45) is 0 Å². The molecule has 0 aliphatic carbocycles. The van der Waals surface area contributed by atoms with Crippen LogP contribution in [0.25, 0.3) is 0 Å². The van der Waals surface area contributed by atoms with Crippen molar-refractivity contribution < 1.29 is 14.7 Å². The van der Waals surface area contributed by atoms with E-state index >= 15 is 0 Å². The van der Waals surface area contributed by atoms with Crippen molar-refractivity contribution in [2.75, 3.05) is 19.4 Å². The first-order valence-electron chi connectivity index (χ1n) is 4.74. The largest absolute Gasteiger partial charge is 0.478 e. The van der Waals surface area contributed by atoms with Crippen molar-refractivity contribution in [2.45, 2.75) is 6.92 Å². The molecule has 0 spiro atoms. The van der Waals surface area contributed by atoms with E-state index in [-0.39, 0.29) is 11.6 Å². The Kier molecular flexibility index (Phi) is 3.50. The highest BCUT2D eigenvalue weighted by Gasteiger charge is 2.09. The van der Waals surface area contributed by atoms with Gasteiger partial charge in [-0.15, -0.1) is 0 Å². The Bertz CT molecular complexity index is 427. The molecule has 0 bridgehead atoms. The van der Waals surface area contributed by atoms with Crippen LogP contribution in [-0.4, -0.2) is 36.1 Å². The van der Waals surface area contributed by atoms with E-state index in [9.17, 15) is 9.59 Å². The molecular weight excluding hydrogens is 208 g/mol. The summed E-state index contributed by atoms with van der Waals surface area (Å²) >= 11 is 0. The normalized spacial score (nSPS) is 9.69. The average Bonchev–Trinajstić information content (AvgIpc) is 2.20. The lowest BCUT2D eigenvalue weighted by Crippen LogP contribution is -2.27. The van der Waals surface area contributed by atoms with Crippen molar-refractivity contribution >= 4 is 17.7 Å². The Balaban J connectivity index is 2.99. The molecule has 5 nitrogen and oxygen atoms in total. The zero-order valence-electron chi connectivity index (χ0n) is 9.44. The number of nitrogens with zero attached hydrogens (tertiary/aromatic N) is 1. The van der Waals surface area contributed by atoms with Gasteiger partial charge in [-0.25, -0.2) is 9.59 Å². The first-order chi connectivity index (χ1) is 7.41. The van der Waals surface area contributed by atoms with Gasteiger partial charge < -0.3 is 15.3 Å². The summed E-state index contributed by atoms with van der Waals surface area (Å²) in [7, 11) is 3.23. The highest BCUT2D eigenvalue weighted by atomic mass is 16.4. The zero-order chi connectivity index (χ0) is 12.3. The quantitative estimate of drug-likeness (QED) is 0.801. The lowest BCUT2D eigenvalue weighted by Gasteiger charge is -2.14. The number of hydrogen-bond donors (Lipinski definition) is 2. The SMILES string of the molecule is Cc1ccc(C(=O)O)cc1NC(=O)N(C)C. The van der Waals surface area contributed by atoms with Gasteiger partial charge in [-0.05, 0) is 24.6 Å². The Morgan fingerprint density at radius 2 is 1.94 bits per heavy atom. The molecule has 0 atom stereocenters. The maximum absolute atomic E-state index is 11.4. The van der Waals surface area contributed by atoms with Gasteiger partial charge in [0.15, 0.2) is 0 Å². The third-order valence-corrected chi connectivity index (χ3v) is 2.13. The third-order valence-electron chi connectivity index (χ3n) is 2.13. The first-order valence-corrected chi connectivity index (χ1v) is 4.74. The summed E-state index contributed by atoms with van der Waals surface area (Å²) in [6.07, 6.45) is 0. The molecule has 1 aromatic rings. The van der Waals surface area contributed by atoms with Gasteiger partial charge in [0.25, 0.3) is 0 Å². The number of carbonyl (C=O) groups excluding carboxylic acids is 1. The molecule has 16 heavy (non-hydrogen) atoms. The molecule has 1 rings (SSSR count). The van der Waals surface area contributed by atoms with Gasteiger partial charge in [-0.3, -0.25) is 0 Å². The molecule has 0 heterocycles. The zero-order valence-corrected chi connectivity index (χ0v) is 9.44. The molecule has 0 aromatic heterocycles. The number of rotatable bonds is 2. The van der Waals surface area contributed by atoms with E-state index in [2.05, 4.69) is 5.32 Å². The molecule has 0 saturated heterocycles. The average molecular weight is 222 g/mol. The van der Waals surface area contributed by atoms with E-state index in [0.29, 0.717) is 5.69 Å². The van der Waals surface area contributed by atoms with Gasteiger partial charge in [-0.1, -0.05) is 6.07 Å². The molecule has 0 aliphatic heterocycles. The maximum atomic E-state index is 11.4. The number of hydrogen-bond acceptors (Lipinski definition) is 2. The van der Waals surface area contributed by atoms with Crippen LogP contribution in [0.5, 0.6) is 0 Å². The number of nitrogens with one attached hydrogen (secondary N) is 1. The first kappa shape index (κ1) is 12.0. The van der Waals surface area contributed by atoms with Crippen LogP contribution in [0.2, 0.25) is 0 Å². The summed E-state index contributed by atoms with van der Waals surface area (Å²) in [4.78, 5) is 23.6. The molecule has 2 N–H and O–H groups in total. The summed E-state index contributed by atoms with van der Waals surface area (Å²) < 4.78 is 0. The lowest BCUT2D eigenvalue weighted by atomic mass is 10.1. The van der Waals surface area contributed by atoms with Gasteiger partial charge >= 0.3 is 12.0 Å². The molecule has 0 aliphatic rings. The van der Waals surface area contributed by atoms with Crippen LogP contribution in [0.4, 0.5) is 10.5 Å². The minimum Gasteiger partial charge on any atom is -0.478 e. The summed E-state index contributed by atoms with van der Waals surface area (Å²) in [6, 6.07) is 4.32. The molecule has 5 heteroatoms. The van der Waals surface area contributed by atoms with Crippen LogP contribution in [0.3, 0.4) is 0 Å². The van der Waals surface area contributed by atoms with E-state index in [4.69, 9.17) is 5.11 Å². The standard InChI is InChI=1S/C11H14N2O3/c1-7-4-5-8(10(14)15)6-9(7)12-11(16)13(2)3/h4-6H,1-3H3,(H,12,16)(H,14,15). The Hall–Kier alpha value is -2.04. The number of benzene rings is 1. The van der Waals surface area contributed by atoms with Crippen molar-refractivity contribution in [1.29, 1.82) is 0 Å². The van der Waals surface area contributed by atoms with Crippen molar-refractivity contribution in [1.82, 2.24) is 4.90 Å². The molecule has 2 amide bonds. The van der Waals surface area contributed by atoms with E-state index in [1.807, 2.05) is 0 Å². The highest BCUT2D eigenvalue weighted by molar-refractivity contribution is 5.93. The van der Waals surface area contributed by atoms with Gasteiger partial charge in [0.05, 0.1) is 5.56 Å². The molecule has 0 radical (unpaired) electrons. The Morgan fingerprint density at radius 3 is 2.44 bits per heavy atom. The Labute approximate surface area is 93.7 Å². The number of carboxylic acids is 1. The molecular formula is C11H14N2O3. The van der Waals surface area contributed by atoms with Gasteiger partial charge in [-0.2, -0.15) is 0 Å². The second-order valence-electron chi connectivity index (χ2n) is 3.66. The molecule has 1 aromatic carbocycles. The molecule has 86 valence electrons. The number of aromatic carboxylic acids is 1. The number of anilines is 1. The molecule has 0 saturated carbocycles. The van der Waals surface area contributed by atoms with E-state index < -0.39 is 5.97 Å². The highest BCUT2D eigenvalue weighted by Crippen LogP contribution is 2.17. The summed E-state index contributed by atoms with van der Waals surface area (Å²) in [5, 5.41) is 11.4. The smallest absolute Gasteiger partial charge is 0.335 e. The number of carbonyl (C=O) groups is 2. The number of carboxylic acid groups (broad SMARTS) is 1. The predicted octanol–water partition coefficient (Wildman–Crippen LogP) is 1.79. The molecule has 0 unspecified atom stereocenters. The number of aryl methyl sites for hydroxylation is 1. The Morgan fingerprint density at radius 1 is 1.31 bits per heavy atom. The minimum absolute atomic E-state index is 0.152. The number of amides is 2. The van der Waals surface area contributed by atoms with Crippen LogP contribution < -0.4 is 5.32 Å². The fourth-order valence-corrected chi connectivity index (χ4v) is 1.12. The summed E-state index contributed by atoms with van der Waals surface area (Å²) in [5.41, 5.74) is 1.48. The van der Waals surface area contributed by atoms with Crippen LogP contribution >= 0.6 is 0 Å². The van der Waals surface area contributed by atoms with E-state index in [1.54, 1.807) is 27.1 Å². The maximum Gasteiger partial charge on any atom is 0.335 e. The summed E-state index contributed by atoms with van der Waals surface area (Å²) in [5.74, 6) is -1.01. The predicted molar refractivity (Wildman–Crippen MR) is 60.8 cm³/mol.